The molecule has 0 unspecified atom stereocenters. The van der Waals surface area contributed by atoms with Gasteiger partial charge in [-0.2, -0.15) is 11.3 Å². The van der Waals surface area contributed by atoms with E-state index < -0.39 is 5.41 Å². The Kier molecular flexibility index (Phi) is 6.51. The molecule has 160 valence electrons. The first-order valence-corrected chi connectivity index (χ1v) is 12.1. The van der Waals surface area contributed by atoms with Crippen LogP contribution in [0.1, 0.15) is 29.1 Å². The molecule has 2 heterocycles. The predicted octanol–water partition coefficient (Wildman–Crippen LogP) is 5.28. The van der Waals surface area contributed by atoms with Crippen LogP contribution in [0.4, 0.5) is 0 Å². The second kappa shape index (κ2) is 9.30. The second-order valence-electron chi connectivity index (χ2n) is 8.20. The number of nitrogens with zero attached hydrogens (tertiary/aromatic N) is 2. The normalized spacial score (nSPS) is 14.5. The number of likely N-dealkylation sites (N-methyl/N-ethyl adjacent to an activating group) is 1. The van der Waals surface area contributed by atoms with Crippen LogP contribution in [0.3, 0.4) is 0 Å². The number of aromatic nitrogens is 1. The van der Waals surface area contributed by atoms with Gasteiger partial charge in [-0.05, 0) is 61.1 Å². The van der Waals surface area contributed by atoms with Crippen LogP contribution in [-0.4, -0.2) is 36.4 Å². The van der Waals surface area contributed by atoms with Crippen LogP contribution in [-0.2, 0) is 16.6 Å². The van der Waals surface area contributed by atoms with E-state index in [-0.39, 0.29) is 11.9 Å². The van der Waals surface area contributed by atoms with Gasteiger partial charge in [0.1, 0.15) is 0 Å². The maximum atomic E-state index is 13.6. The lowest BCUT2D eigenvalue weighted by Gasteiger charge is -2.30. The molecule has 1 amide bonds. The van der Waals surface area contributed by atoms with Crippen LogP contribution < -0.4 is 5.32 Å². The molecule has 0 fully saturated rings. The van der Waals surface area contributed by atoms with E-state index in [1.54, 1.807) is 22.7 Å². The summed E-state index contributed by atoms with van der Waals surface area (Å²) >= 11 is 3.35. The van der Waals surface area contributed by atoms with Gasteiger partial charge in [-0.3, -0.25) is 4.79 Å². The SMILES string of the molecule is CN(C)[C@@H](CNC(=O)[C@](C)(Cc1nc2ccccc2s1)c1ccccc1)c1ccsc1. The number of thiophene rings is 1. The zero-order valence-corrected chi connectivity index (χ0v) is 19.7. The summed E-state index contributed by atoms with van der Waals surface area (Å²) in [5.74, 6) is 0.0278. The minimum absolute atomic E-state index is 0.0278. The molecule has 0 aliphatic rings. The number of carbonyl (C=O) groups excluding carboxylic acids is 1. The third-order valence-electron chi connectivity index (χ3n) is 5.76. The number of rotatable bonds is 8. The van der Waals surface area contributed by atoms with Gasteiger partial charge in [0.2, 0.25) is 5.91 Å². The zero-order chi connectivity index (χ0) is 21.8. The molecule has 0 bridgehead atoms. The number of carbonyl (C=O) groups is 1. The monoisotopic (exact) mass is 449 g/mol. The average molecular weight is 450 g/mol. The lowest BCUT2D eigenvalue weighted by molar-refractivity contribution is -0.126. The van der Waals surface area contributed by atoms with Crippen LogP contribution in [0.25, 0.3) is 10.2 Å². The molecule has 31 heavy (non-hydrogen) atoms. The molecule has 4 rings (SSSR count). The predicted molar refractivity (Wildman–Crippen MR) is 131 cm³/mol. The van der Waals surface area contributed by atoms with Crippen LogP contribution >= 0.6 is 22.7 Å². The first-order valence-electron chi connectivity index (χ1n) is 10.3. The Labute approximate surface area is 191 Å². The number of nitrogens with one attached hydrogen (secondary N) is 1. The summed E-state index contributed by atoms with van der Waals surface area (Å²) in [7, 11) is 4.10. The minimum atomic E-state index is -0.708. The molecule has 4 aromatic rings. The third kappa shape index (κ3) is 4.71. The maximum Gasteiger partial charge on any atom is 0.230 e. The van der Waals surface area contributed by atoms with Crippen molar-refractivity contribution < 1.29 is 4.79 Å². The summed E-state index contributed by atoms with van der Waals surface area (Å²) in [5, 5.41) is 8.45. The van der Waals surface area contributed by atoms with Crippen molar-refractivity contribution in [3.05, 3.63) is 87.6 Å². The highest BCUT2D eigenvalue weighted by molar-refractivity contribution is 7.18. The zero-order valence-electron chi connectivity index (χ0n) is 18.0. The Bertz CT molecular complexity index is 1110. The quantitative estimate of drug-likeness (QED) is 0.398. The van der Waals surface area contributed by atoms with Crippen LogP contribution in [0.5, 0.6) is 0 Å². The van der Waals surface area contributed by atoms with Gasteiger partial charge in [0, 0.05) is 13.0 Å². The van der Waals surface area contributed by atoms with E-state index in [2.05, 4.69) is 33.1 Å². The van der Waals surface area contributed by atoms with E-state index in [0.29, 0.717) is 13.0 Å². The van der Waals surface area contributed by atoms with Crippen molar-refractivity contribution in [3.8, 4) is 0 Å². The number of fused-ring (bicyclic) bond motifs is 1. The molecule has 1 N–H and O–H groups in total. The molecule has 2 atom stereocenters. The minimum Gasteiger partial charge on any atom is -0.353 e. The van der Waals surface area contributed by atoms with Crippen molar-refractivity contribution in [2.75, 3.05) is 20.6 Å². The Morgan fingerprint density at radius 3 is 2.52 bits per heavy atom. The third-order valence-corrected chi connectivity index (χ3v) is 7.50. The molecule has 0 radical (unpaired) electrons. The number of amides is 1. The summed E-state index contributed by atoms with van der Waals surface area (Å²) in [5.41, 5.74) is 2.51. The fraction of sp³-hybridized carbons (Fsp3) is 0.280. The molecule has 0 saturated heterocycles. The summed E-state index contributed by atoms with van der Waals surface area (Å²) in [4.78, 5) is 20.6. The number of para-hydroxylation sites is 1. The largest absolute Gasteiger partial charge is 0.353 e. The number of thiazole rings is 1. The van der Waals surface area contributed by atoms with E-state index in [1.165, 1.54) is 5.56 Å². The summed E-state index contributed by atoms with van der Waals surface area (Å²) < 4.78 is 1.15. The van der Waals surface area contributed by atoms with Crippen molar-refractivity contribution in [1.29, 1.82) is 0 Å². The van der Waals surface area contributed by atoms with Crippen molar-refractivity contribution in [1.82, 2.24) is 15.2 Å². The highest BCUT2D eigenvalue weighted by Crippen LogP contribution is 2.32. The molecule has 2 aromatic carbocycles. The van der Waals surface area contributed by atoms with E-state index in [1.807, 2.05) is 69.6 Å². The van der Waals surface area contributed by atoms with Gasteiger partial charge >= 0.3 is 0 Å². The van der Waals surface area contributed by atoms with E-state index >= 15 is 0 Å². The van der Waals surface area contributed by atoms with E-state index in [9.17, 15) is 4.79 Å². The lowest BCUT2D eigenvalue weighted by Crippen LogP contribution is -2.46. The van der Waals surface area contributed by atoms with Crippen molar-refractivity contribution in [3.63, 3.8) is 0 Å². The van der Waals surface area contributed by atoms with Crippen LogP contribution in [0.2, 0.25) is 0 Å². The van der Waals surface area contributed by atoms with Gasteiger partial charge in [0.05, 0.1) is 26.7 Å². The van der Waals surface area contributed by atoms with Crippen molar-refractivity contribution >= 4 is 38.8 Å². The molecule has 0 aliphatic carbocycles. The highest BCUT2D eigenvalue weighted by atomic mass is 32.1. The Hall–Kier alpha value is -2.54. The van der Waals surface area contributed by atoms with Gasteiger partial charge in [-0.15, -0.1) is 11.3 Å². The lowest BCUT2D eigenvalue weighted by atomic mass is 9.78. The highest BCUT2D eigenvalue weighted by Gasteiger charge is 2.37. The Balaban J connectivity index is 1.60. The first-order chi connectivity index (χ1) is 15.0. The Morgan fingerprint density at radius 2 is 1.84 bits per heavy atom. The van der Waals surface area contributed by atoms with Crippen LogP contribution in [0.15, 0.2) is 71.4 Å². The summed E-state index contributed by atoms with van der Waals surface area (Å²) in [6.45, 7) is 2.59. The molecule has 0 saturated carbocycles. The van der Waals surface area contributed by atoms with Crippen LogP contribution in [0, 0.1) is 0 Å². The maximum absolute atomic E-state index is 13.6. The standard InChI is InChI=1S/C25H27N3OS2/c1-25(19-9-5-4-6-10-19,15-23-27-20-11-7-8-12-22(20)31-23)24(29)26-16-21(28(2)3)18-13-14-30-17-18/h4-14,17,21H,15-16H2,1-3H3,(H,26,29)/t21-,25+/m0/s1. The van der Waals surface area contributed by atoms with Crippen molar-refractivity contribution in [2.45, 2.75) is 24.8 Å². The first kappa shape index (κ1) is 21.7. The van der Waals surface area contributed by atoms with Gasteiger partial charge < -0.3 is 10.2 Å². The van der Waals surface area contributed by atoms with Crippen molar-refractivity contribution in [2.24, 2.45) is 0 Å². The molecule has 4 nitrogen and oxygen atoms in total. The smallest absolute Gasteiger partial charge is 0.230 e. The molecule has 6 heteroatoms. The van der Waals surface area contributed by atoms with Gasteiger partial charge in [-0.25, -0.2) is 4.98 Å². The number of hydrogen-bond donors (Lipinski definition) is 1. The Morgan fingerprint density at radius 1 is 1.10 bits per heavy atom. The summed E-state index contributed by atoms with van der Waals surface area (Å²) in [6, 6.07) is 20.4. The van der Waals surface area contributed by atoms with E-state index in [0.717, 1.165) is 20.8 Å². The number of benzene rings is 2. The van der Waals surface area contributed by atoms with Gasteiger partial charge in [0.15, 0.2) is 0 Å². The molecular formula is C25H27N3OS2. The topological polar surface area (TPSA) is 45.2 Å². The molecule has 0 spiro atoms. The summed E-state index contributed by atoms with van der Waals surface area (Å²) in [6.07, 6.45) is 0.563. The fourth-order valence-electron chi connectivity index (χ4n) is 3.87. The second-order valence-corrected chi connectivity index (χ2v) is 10.1. The fourth-order valence-corrected chi connectivity index (χ4v) is 5.70. The number of hydrogen-bond acceptors (Lipinski definition) is 5. The molecular weight excluding hydrogens is 422 g/mol. The van der Waals surface area contributed by atoms with Gasteiger partial charge in [0.25, 0.3) is 0 Å². The van der Waals surface area contributed by atoms with Gasteiger partial charge in [-0.1, -0.05) is 42.5 Å². The molecule has 2 aromatic heterocycles. The molecule has 0 aliphatic heterocycles. The average Bonchev–Trinajstić information content (AvgIpc) is 3.43. The van der Waals surface area contributed by atoms with E-state index in [4.69, 9.17) is 4.98 Å².